The van der Waals surface area contributed by atoms with E-state index in [0.29, 0.717) is 0 Å². The van der Waals surface area contributed by atoms with E-state index in [4.69, 9.17) is 0 Å². The summed E-state index contributed by atoms with van der Waals surface area (Å²) < 4.78 is 0. The van der Waals surface area contributed by atoms with Crippen LogP contribution in [0.4, 0.5) is 0 Å². The summed E-state index contributed by atoms with van der Waals surface area (Å²) in [6, 6.07) is 0.745. The molecule has 0 aliphatic carbocycles. The van der Waals surface area contributed by atoms with Gasteiger partial charge < -0.3 is 9.80 Å². The zero-order valence-electron chi connectivity index (χ0n) is 12.6. The second-order valence-corrected chi connectivity index (χ2v) is 6.14. The molecule has 2 saturated heterocycles. The molecular weight excluding hydrogens is 222 g/mol. The van der Waals surface area contributed by atoms with Gasteiger partial charge in [-0.05, 0) is 45.3 Å². The van der Waals surface area contributed by atoms with Crippen LogP contribution in [0.3, 0.4) is 0 Å². The molecule has 0 aromatic carbocycles. The van der Waals surface area contributed by atoms with Crippen molar-refractivity contribution in [1.82, 2.24) is 14.7 Å². The molecule has 3 nitrogen and oxygen atoms in total. The molecule has 0 spiro atoms. The van der Waals surface area contributed by atoms with Crippen LogP contribution in [0.15, 0.2) is 0 Å². The molecule has 2 atom stereocenters. The van der Waals surface area contributed by atoms with Crippen LogP contribution in [0, 0.1) is 5.92 Å². The number of hydrogen-bond donors (Lipinski definition) is 0. The molecule has 3 heteroatoms. The van der Waals surface area contributed by atoms with Gasteiger partial charge in [0.05, 0.1) is 0 Å². The lowest BCUT2D eigenvalue weighted by molar-refractivity contribution is 0.0621. The summed E-state index contributed by atoms with van der Waals surface area (Å²) in [6.45, 7) is 17.2. The van der Waals surface area contributed by atoms with Gasteiger partial charge in [0.25, 0.3) is 0 Å². The molecule has 0 aromatic rings. The topological polar surface area (TPSA) is 9.72 Å². The fourth-order valence-electron chi connectivity index (χ4n) is 3.66. The maximum atomic E-state index is 2.71. The van der Waals surface area contributed by atoms with Crippen molar-refractivity contribution in [3.05, 3.63) is 0 Å². The minimum Gasteiger partial charge on any atom is -0.303 e. The van der Waals surface area contributed by atoms with Gasteiger partial charge in [0, 0.05) is 38.8 Å². The summed E-state index contributed by atoms with van der Waals surface area (Å²) >= 11 is 0. The number of hydrogen-bond acceptors (Lipinski definition) is 3. The third-order valence-corrected chi connectivity index (χ3v) is 4.82. The first-order chi connectivity index (χ1) is 8.72. The van der Waals surface area contributed by atoms with Crippen molar-refractivity contribution >= 4 is 0 Å². The van der Waals surface area contributed by atoms with E-state index in [9.17, 15) is 0 Å². The van der Waals surface area contributed by atoms with Gasteiger partial charge in [-0.25, -0.2) is 0 Å². The molecule has 0 saturated carbocycles. The van der Waals surface area contributed by atoms with Crippen molar-refractivity contribution in [1.29, 1.82) is 0 Å². The Morgan fingerprint density at radius 3 is 2.44 bits per heavy atom. The fourth-order valence-corrected chi connectivity index (χ4v) is 3.66. The van der Waals surface area contributed by atoms with Crippen molar-refractivity contribution in [2.45, 2.75) is 39.7 Å². The average molecular weight is 253 g/mol. The van der Waals surface area contributed by atoms with Gasteiger partial charge in [0.1, 0.15) is 0 Å². The highest BCUT2D eigenvalue weighted by molar-refractivity contribution is 4.82. The predicted octanol–water partition coefficient (Wildman–Crippen LogP) is 1.74. The third kappa shape index (κ3) is 3.69. The molecule has 2 unspecified atom stereocenters. The molecule has 2 aliphatic heterocycles. The molecule has 2 aliphatic rings. The Hall–Kier alpha value is -0.120. The Labute approximate surface area is 113 Å². The van der Waals surface area contributed by atoms with Gasteiger partial charge in [0.15, 0.2) is 0 Å². The molecule has 0 aromatic heterocycles. The SMILES string of the molecule is CCN1CCCC(CN2CCN(CC)C(C)C2)C1. The van der Waals surface area contributed by atoms with Crippen molar-refractivity contribution in [3.63, 3.8) is 0 Å². The van der Waals surface area contributed by atoms with Gasteiger partial charge in [-0.1, -0.05) is 13.8 Å². The lowest BCUT2D eigenvalue weighted by atomic mass is 9.97. The van der Waals surface area contributed by atoms with Crippen molar-refractivity contribution < 1.29 is 0 Å². The Kier molecular flexibility index (Phi) is 5.46. The first kappa shape index (κ1) is 14.3. The monoisotopic (exact) mass is 253 g/mol. The van der Waals surface area contributed by atoms with Gasteiger partial charge in [0.2, 0.25) is 0 Å². The molecule has 0 radical (unpaired) electrons. The molecule has 0 bridgehead atoms. The normalized spacial score (nSPS) is 32.8. The third-order valence-electron chi connectivity index (χ3n) is 4.82. The van der Waals surface area contributed by atoms with Crippen LogP contribution in [0.1, 0.15) is 33.6 Å². The second-order valence-electron chi connectivity index (χ2n) is 6.14. The highest BCUT2D eigenvalue weighted by Gasteiger charge is 2.26. The Bertz CT molecular complexity index is 244. The summed E-state index contributed by atoms with van der Waals surface area (Å²) in [5, 5.41) is 0. The minimum absolute atomic E-state index is 0.745. The van der Waals surface area contributed by atoms with E-state index < -0.39 is 0 Å². The van der Waals surface area contributed by atoms with E-state index in [1.165, 1.54) is 65.2 Å². The van der Waals surface area contributed by atoms with Crippen LogP contribution in [-0.4, -0.2) is 73.1 Å². The van der Waals surface area contributed by atoms with Crippen molar-refractivity contribution in [3.8, 4) is 0 Å². The minimum atomic E-state index is 0.745. The lowest BCUT2D eigenvalue weighted by Gasteiger charge is -2.42. The van der Waals surface area contributed by atoms with Gasteiger partial charge in [-0.2, -0.15) is 0 Å². The molecule has 18 heavy (non-hydrogen) atoms. The summed E-state index contributed by atoms with van der Waals surface area (Å²) in [5.74, 6) is 0.916. The number of rotatable bonds is 4. The number of likely N-dealkylation sites (N-methyl/N-ethyl adjacent to an activating group) is 1. The highest BCUT2D eigenvalue weighted by atomic mass is 15.3. The Morgan fingerprint density at radius 2 is 1.78 bits per heavy atom. The first-order valence-corrected chi connectivity index (χ1v) is 7.91. The number of piperidine rings is 1. The number of piperazine rings is 1. The summed E-state index contributed by atoms with van der Waals surface area (Å²) in [4.78, 5) is 7.94. The van der Waals surface area contributed by atoms with E-state index in [1.807, 2.05) is 0 Å². The van der Waals surface area contributed by atoms with E-state index in [2.05, 4.69) is 35.5 Å². The summed E-state index contributed by atoms with van der Waals surface area (Å²) in [7, 11) is 0. The largest absolute Gasteiger partial charge is 0.303 e. The van der Waals surface area contributed by atoms with E-state index >= 15 is 0 Å². The predicted molar refractivity (Wildman–Crippen MR) is 78.0 cm³/mol. The average Bonchev–Trinajstić information content (AvgIpc) is 2.39. The van der Waals surface area contributed by atoms with Gasteiger partial charge in [-0.3, -0.25) is 4.90 Å². The molecular formula is C15H31N3. The van der Waals surface area contributed by atoms with Crippen LogP contribution in [0.25, 0.3) is 0 Å². The zero-order chi connectivity index (χ0) is 13.0. The molecule has 2 heterocycles. The van der Waals surface area contributed by atoms with Crippen LogP contribution < -0.4 is 0 Å². The smallest absolute Gasteiger partial charge is 0.0195 e. The van der Waals surface area contributed by atoms with Gasteiger partial charge in [-0.15, -0.1) is 0 Å². The summed E-state index contributed by atoms with van der Waals surface area (Å²) in [5.41, 5.74) is 0. The van der Waals surface area contributed by atoms with Crippen LogP contribution >= 0.6 is 0 Å². The second kappa shape index (κ2) is 6.88. The Morgan fingerprint density at radius 1 is 0.944 bits per heavy atom. The Balaban J connectivity index is 1.76. The quantitative estimate of drug-likeness (QED) is 0.756. The maximum absolute atomic E-state index is 2.71. The molecule has 0 amide bonds. The van der Waals surface area contributed by atoms with E-state index in [-0.39, 0.29) is 0 Å². The number of nitrogens with zero attached hydrogens (tertiary/aromatic N) is 3. The zero-order valence-corrected chi connectivity index (χ0v) is 12.6. The summed E-state index contributed by atoms with van der Waals surface area (Å²) in [6.07, 6.45) is 2.85. The van der Waals surface area contributed by atoms with Gasteiger partial charge >= 0.3 is 0 Å². The van der Waals surface area contributed by atoms with Crippen molar-refractivity contribution in [2.75, 3.05) is 52.4 Å². The highest BCUT2D eigenvalue weighted by Crippen LogP contribution is 2.19. The lowest BCUT2D eigenvalue weighted by Crippen LogP contribution is -2.53. The van der Waals surface area contributed by atoms with Crippen molar-refractivity contribution in [2.24, 2.45) is 5.92 Å². The van der Waals surface area contributed by atoms with Crippen LogP contribution in [0.5, 0.6) is 0 Å². The molecule has 2 fully saturated rings. The standard InChI is InChI=1S/C15H31N3/c1-4-16-8-6-7-15(12-16)13-17-9-10-18(5-2)14(3)11-17/h14-15H,4-13H2,1-3H3. The van der Waals surface area contributed by atoms with Crippen LogP contribution in [-0.2, 0) is 0 Å². The van der Waals surface area contributed by atoms with Crippen LogP contribution in [0.2, 0.25) is 0 Å². The fraction of sp³-hybridized carbons (Fsp3) is 1.00. The number of likely N-dealkylation sites (tertiary alicyclic amines) is 1. The molecule has 2 rings (SSSR count). The van der Waals surface area contributed by atoms with E-state index in [1.54, 1.807) is 0 Å². The maximum Gasteiger partial charge on any atom is 0.0195 e. The molecule has 0 N–H and O–H groups in total. The molecule has 106 valence electrons. The van der Waals surface area contributed by atoms with E-state index in [0.717, 1.165) is 12.0 Å². The first-order valence-electron chi connectivity index (χ1n) is 7.91.